The van der Waals surface area contributed by atoms with Crippen molar-refractivity contribution in [2.24, 2.45) is 0 Å². The molecule has 64 heavy (non-hydrogen) atoms. The second kappa shape index (κ2) is 23.2. The van der Waals surface area contributed by atoms with E-state index in [9.17, 15) is 38.5 Å². The first-order chi connectivity index (χ1) is 30.7. The second-order valence-electron chi connectivity index (χ2n) is 15.4. The lowest BCUT2D eigenvalue weighted by Crippen LogP contribution is -2.34. The molecule has 0 aliphatic heterocycles. The summed E-state index contributed by atoms with van der Waals surface area (Å²) in [7, 11) is -5.02. The van der Waals surface area contributed by atoms with Crippen LogP contribution in [0.3, 0.4) is 0 Å². The summed E-state index contributed by atoms with van der Waals surface area (Å²) in [6.07, 6.45) is 10.4. The Balaban J connectivity index is 1.00. The number of carbonyl (C=O) groups excluding carboxylic acids is 2. The van der Waals surface area contributed by atoms with E-state index in [4.69, 9.17) is 32.5 Å². The number of nitrogens with zero attached hydrogens (tertiary/aromatic N) is 2. The lowest BCUT2D eigenvalue weighted by Gasteiger charge is -2.16. The van der Waals surface area contributed by atoms with Gasteiger partial charge in [-0.25, -0.2) is 8.96 Å². The van der Waals surface area contributed by atoms with E-state index in [-0.39, 0.29) is 52.4 Å². The number of fused-ring (bicyclic) bond motifs is 1. The molecule has 17 heteroatoms. The highest BCUT2D eigenvalue weighted by molar-refractivity contribution is 7.46. The third-order valence-corrected chi connectivity index (χ3v) is 11.5. The van der Waals surface area contributed by atoms with Crippen molar-refractivity contribution in [3.8, 4) is 11.5 Å². The number of benzene rings is 4. The van der Waals surface area contributed by atoms with E-state index in [1.165, 1.54) is 59.1 Å². The fourth-order valence-electron chi connectivity index (χ4n) is 7.22. The average Bonchev–Trinajstić information content (AvgIpc) is 3.61. The number of aliphatic hydroxyl groups is 1. The molecule has 1 unspecified atom stereocenters. The summed E-state index contributed by atoms with van der Waals surface area (Å²) in [4.78, 5) is 46.4. The van der Waals surface area contributed by atoms with Crippen LogP contribution in [0.4, 0.5) is 10.1 Å². The number of Topliss-reactive ketones (excluding diaryl/α,β-unsaturated/α-hetero) is 1. The Bertz CT molecular complexity index is 2550. The van der Waals surface area contributed by atoms with Gasteiger partial charge in [0.2, 0.25) is 0 Å². The molecule has 338 valence electrons. The molecule has 6 rings (SSSR count). The zero-order valence-corrected chi connectivity index (χ0v) is 37.4. The number of rotatable bonds is 24. The molecule has 1 amide bonds. The van der Waals surface area contributed by atoms with Crippen LogP contribution in [0.15, 0.2) is 110 Å². The molecule has 0 aliphatic carbocycles. The number of aromatic nitrogens is 2. The number of phenols is 1. The van der Waals surface area contributed by atoms with Gasteiger partial charge in [0.05, 0.1) is 22.9 Å². The number of ether oxygens (including phenoxy) is 1. The predicted molar refractivity (Wildman–Crippen MR) is 243 cm³/mol. The van der Waals surface area contributed by atoms with Crippen molar-refractivity contribution in [1.29, 1.82) is 0 Å². The molecule has 0 aliphatic rings. The number of amides is 1. The molecule has 6 N–H and O–H groups in total. The Kier molecular flexibility index (Phi) is 17.5. The summed E-state index contributed by atoms with van der Waals surface area (Å²) in [5, 5.41) is 27.0. The van der Waals surface area contributed by atoms with E-state index in [2.05, 4.69) is 34.9 Å². The van der Waals surface area contributed by atoms with Crippen molar-refractivity contribution in [3.63, 3.8) is 0 Å². The molecule has 0 saturated carbocycles. The molecule has 2 aromatic heterocycles. The smallest absolute Gasteiger partial charge is 0.508 e. The molecule has 13 nitrogen and oxygen atoms in total. The monoisotopic (exact) mass is 935 g/mol. The molecule has 0 spiro atoms. The molecule has 0 radical (unpaired) electrons. The van der Waals surface area contributed by atoms with Crippen LogP contribution < -0.4 is 19.7 Å². The minimum absolute atomic E-state index is 0.000821. The van der Waals surface area contributed by atoms with E-state index in [1.54, 1.807) is 34.9 Å². The molecule has 4 aromatic carbocycles. The van der Waals surface area contributed by atoms with Gasteiger partial charge in [0.15, 0.2) is 18.9 Å². The molecule has 6 aromatic rings. The van der Waals surface area contributed by atoms with Crippen LogP contribution in [-0.4, -0.2) is 62.6 Å². The van der Waals surface area contributed by atoms with Gasteiger partial charge >= 0.3 is 7.82 Å². The van der Waals surface area contributed by atoms with Crippen molar-refractivity contribution in [1.82, 2.24) is 9.88 Å². The summed E-state index contributed by atoms with van der Waals surface area (Å²) >= 11 is 13.1. The Hall–Kier alpha value is -5.15. The number of aliphatic hydroxyl groups excluding tert-OH is 1. The fraction of sp³-hybridized carbons (Fsp3) is 0.298. The summed E-state index contributed by atoms with van der Waals surface area (Å²) in [6.45, 7) is 2.59. The van der Waals surface area contributed by atoms with Crippen molar-refractivity contribution in [2.75, 3.05) is 31.6 Å². The maximum atomic E-state index is 13.6. The summed E-state index contributed by atoms with van der Waals surface area (Å²) in [6, 6.07) is 25.2. The van der Waals surface area contributed by atoms with Gasteiger partial charge in [-0.05, 0) is 97.8 Å². The van der Waals surface area contributed by atoms with Crippen LogP contribution in [0.1, 0.15) is 77.2 Å². The number of hydrogen-bond donors (Lipinski definition) is 6. The van der Waals surface area contributed by atoms with E-state index in [0.29, 0.717) is 28.6 Å². The molecular formula is C47H51Cl2FN4O9P+. The Morgan fingerprint density at radius 1 is 0.844 bits per heavy atom. The second-order valence-corrected chi connectivity index (χ2v) is 17.4. The van der Waals surface area contributed by atoms with E-state index < -0.39 is 31.4 Å². The number of carbonyl (C=O) groups is 2. The number of pyridine rings is 1. The van der Waals surface area contributed by atoms with Crippen LogP contribution in [0.5, 0.6) is 11.5 Å². The summed E-state index contributed by atoms with van der Waals surface area (Å²) in [5.41, 5.74) is 3.26. The number of anilines is 1. The summed E-state index contributed by atoms with van der Waals surface area (Å²) in [5.74, 6) is -2.69. The van der Waals surface area contributed by atoms with Crippen LogP contribution in [0.2, 0.25) is 10.0 Å². The van der Waals surface area contributed by atoms with Crippen LogP contribution in [-0.2, 0) is 33.6 Å². The van der Waals surface area contributed by atoms with Gasteiger partial charge in [0.1, 0.15) is 27.4 Å². The average molecular weight is 937 g/mol. The van der Waals surface area contributed by atoms with Crippen LogP contribution in [0.25, 0.3) is 10.9 Å². The number of phosphoric acid groups is 1. The highest BCUT2D eigenvalue weighted by Crippen LogP contribution is 2.40. The number of phenolic OH excluding ortho intramolecular Hbond substituents is 1. The number of halogens is 3. The molecule has 0 fully saturated rings. The van der Waals surface area contributed by atoms with Crippen LogP contribution in [0, 0.1) is 5.82 Å². The van der Waals surface area contributed by atoms with Crippen molar-refractivity contribution in [2.45, 2.75) is 64.1 Å². The minimum atomic E-state index is -5.02. The Morgan fingerprint density at radius 3 is 2.27 bits per heavy atom. The third-order valence-electron chi connectivity index (χ3n) is 10.5. The van der Waals surface area contributed by atoms with Crippen molar-refractivity contribution < 1.29 is 52.4 Å². The Morgan fingerprint density at radius 2 is 1.55 bits per heavy atom. The topological polar surface area (TPSA) is 183 Å². The number of ketones is 1. The predicted octanol–water partition coefficient (Wildman–Crippen LogP) is 8.69. The van der Waals surface area contributed by atoms with Gasteiger partial charge in [0, 0.05) is 43.4 Å². The first kappa shape index (κ1) is 48.3. The van der Waals surface area contributed by atoms with Gasteiger partial charge in [-0.2, -0.15) is 4.57 Å². The quantitative estimate of drug-likeness (QED) is 0.0113. The van der Waals surface area contributed by atoms with Gasteiger partial charge in [-0.1, -0.05) is 84.6 Å². The third kappa shape index (κ3) is 14.2. The number of unbranched alkanes of at least 4 members (excludes halogenated alkanes) is 4. The minimum Gasteiger partial charge on any atom is -0.508 e. The molecule has 0 saturated heterocycles. The van der Waals surface area contributed by atoms with E-state index >= 15 is 0 Å². The largest absolute Gasteiger partial charge is 0.524 e. The number of hydrogen-bond acceptors (Lipinski definition) is 8. The molecule has 0 bridgehead atoms. The summed E-state index contributed by atoms with van der Waals surface area (Å²) < 4.78 is 39.5. The molecule has 2 heterocycles. The van der Waals surface area contributed by atoms with Gasteiger partial charge in [-0.15, -0.1) is 0 Å². The van der Waals surface area contributed by atoms with Gasteiger partial charge in [0.25, 0.3) is 11.7 Å². The molecule has 1 atom stereocenters. The van der Waals surface area contributed by atoms with Crippen molar-refractivity contribution in [3.05, 3.63) is 153 Å². The highest BCUT2D eigenvalue weighted by Gasteiger charge is 2.27. The lowest BCUT2D eigenvalue weighted by molar-refractivity contribution is -0.688. The highest BCUT2D eigenvalue weighted by atomic mass is 35.5. The number of phosphoric ester groups is 1. The van der Waals surface area contributed by atoms with Crippen LogP contribution >= 0.6 is 31.0 Å². The lowest BCUT2D eigenvalue weighted by atomic mass is 10.1. The zero-order chi connectivity index (χ0) is 45.6. The maximum absolute atomic E-state index is 13.6. The standard InChI is InChI=1S/C47H50Cl2FN4O9P/c48-40-30-53(31-41(49)45(40)52-47(58)46(57)39-29-54(27-33-13-17-36(50)18-14-33)42-20-19-37(55)25-38(39)42)28-35-16-15-34(24-44(35)63-64(59,60)61)43(56)26-51-21-7-1-2-8-22-62-23-9-6-12-32-10-4-3-5-11-32/h3-5,10-11,13-20,24-25,29-31,43,51,56H,1-2,6-9,12,21-23,26-28H2,(H3,55,59,60,61)/p+1. The van der Waals surface area contributed by atoms with Gasteiger partial charge < -0.3 is 34.7 Å². The number of aromatic hydroxyl groups is 1. The van der Waals surface area contributed by atoms with Crippen molar-refractivity contribution >= 4 is 59.3 Å². The van der Waals surface area contributed by atoms with E-state index in [0.717, 1.165) is 63.7 Å². The first-order valence-corrected chi connectivity index (χ1v) is 23.2. The Labute approximate surface area is 380 Å². The van der Waals surface area contributed by atoms with E-state index in [1.807, 2.05) is 6.07 Å². The van der Waals surface area contributed by atoms with Gasteiger partial charge in [-0.3, -0.25) is 19.4 Å². The first-order valence-electron chi connectivity index (χ1n) is 20.9. The molecular weight excluding hydrogens is 885 g/mol. The normalized spacial score (nSPS) is 12.1. The maximum Gasteiger partial charge on any atom is 0.524 e. The fourth-order valence-corrected chi connectivity index (χ4v) is 8.24. The SMILES string of the molecule is O=C(Nc1c(Cl)c[n+](Cc2ccc(C(O)CNCCCCCCOCCCCc3ccccc3)cc2OP(=O)(O)O)cc1Cl)C(=O)c1cn(Cc2ccc(F)cc2)c2ccc(O)cc12. The number of nitrogens with one attached hydrogen (secondary N) is 2. The zero-order valence-electron chi connectivity index (χ0n) is 35.0. The number of aryl methyl sites for hydroxylation is 1.